The van der Waals surface area contributed by atoms with Crippen molar-refractivity contribution < 1.29 is 17.9 Å². The predicted octanol–water partition coefficient (Wildman–Crippen LogP) is 4.71. The number of likely N-dealkylation sites (tertiary alicyclic amines) is 1. The van der Waals surface area contributed by atoms with E-state index in [9.17, 15) is 13.2 Å². The monoisotopic (exact) mass is 612 g/mol. The summed E-state index contributed by atoms with van der Waals surface area (Å²) < 4.78 is 32.7. The molecule has 0 spiro atoms. The van der Waals surface area contributed by atoms with E-state index in [0.717, 1.165) is 30.6 Å². The third-order valence-electron chi connectivity index (χ3n) is 7.57. The SMILES string of the molecule is CCCCS(=O)(=O)c1ncc(C(=O)N2CCC[C@H](n3nc(-c4ccc(Oc5ccccc5)cc4)c4c(N)ncnc43)C2)cn1. The average molecular weight is 613 g/mol. The summed E-state index contributed by atoms with van der Waals surface area (Å²) in [6.45, 7) is 2.83. The number of nitrogens with zero attached hydrogens (tertiary/aromatic N) is 7. The standard InChI is InChI=1S/C31H32N8O4S/c1-2-3-16-44(41,42)31-33-17-22(18-34-31)30(40)38-15-7-8-23(19-38)39-29-26(28(32)35-20-36-29)27(37-39)21-11-13-25(14-12-21)43-24-9-5-4-6-10-24/h4-6,9-14,17-18,20,23H,2-3,7-8,15-16,19H2,1H3,(H2,32,35,36)/t23-/m0/s1. The number of fused-ring (bicyclic) bond motifs is 1. The molecule has 12 nitrogen and oxygen atoms in total. The van der Waals surface area contributed by atoms with Crippen molar-refractivity contribution in [3.05, 3.63) is 78.9 Å². The number of carbonyl (C=O) groups is 1. The summed E-state index contributed by atoms with van der Waals surface area (Å²) in [4.78, 5) is 31.9. The van der Waals surface area contributed by atoms with Crippen LogP contribution < -0.4 is 10.5 Å². The summed E-state index contributed by atoms with van der Waals surface area (Å²) in [5.41, 5.74) is 8.62. The van der Waals surface area contributed by atoms with Crippen molar-refractivity contribution in [3.63, 3.8) is 0 Å². The molecule has 4 heterocycles. The van der Waals surface area contributed by atoms with E-state index >= 15 is 0 Å². The van der Waals surface area contributed by atoms with Crippen LogP contribution in [-0.4, -0.2) is 67.8 Å². The molecule has 5 aromatic rings. The number of hydrogen-bond donors (Lipinski definition) is 1. The molecule has 2 aromatic carbocycles. The van der Waals surface area contributed by atoms with Crippen molar-refractivity contribution in [2.75, 3.05) is 24.6 Å². The van der Waals surface area contributed by atoms with Gasteiger partial charge in [0.1, 0.15) is 29.3 Å². The van der Waals surface area contributed by atoms with Crippen LogP contribution in [0.2, 0.25) is 0 Å². The smallest absolute Gasteiger partial charge is 0.257 e. The van der Waals surface area contributed by atoms with E-state index in [1.165, 1.54) is 18.7 Å². The summed E-state index contributed by atoms with van der Waals surface area (Å²) in [5, 5.41) is 5.33. The van der Waals surface area contributed by atoms with Crippen LogP contribution in [0.5, 0.6) is 11.5 Å². The molecule has 0 saturated carbocycles. The van der Waals surface area contributed by atoms with Crippen LogP contribution in [0.25, 0.3) is 22.3 Å². The minimum atomic E-state index is -3.58. The van der Waals surface area contributed by atoms with Crippen LogP contribution >= 0.6 is 0 Å². The maximum absolute atomic E-state index is 13.4. The Bertz CT molecular complexity index is 1880. The van der Waals surface area contributed by atoms with Crippen molar-refractivity contribution in [2.45, 2.75) is 43.8 Å². The Balaban J connectivity index is 1.24. The fraction of sp³-hybridized carbons (Fsp3) is 0.290. The Morgan fingerprint density at radius 2 is 1.73 bits per heavy atom. The maximum atomic E-state index is 13.4. The van der Waals surface area contributed by atoms with Crippen molar-refractivity contribution in [3.8, 4) is 22.8 Å². The lowest BCUT2D eigenvalue weighted by molar-refractivity contribution is 0.0674. The van der Waals surface area contributed by atoms with Gasteiger partial charge >= 0.3 is 0 Å². The lowest BCUT2D eigenvalue weighted by Gasteiger charge is -2.33. The van der Waals surface area contributed by atoms with Crippen molar-refractivity contribution in [2.24, 2.45) is 0 Å². The number of sulfone groups is 1. The van der Waals surface area contributed by atoms with E-state index < -0.39 is 9.84 Å². The van der Waals surface area contributed by atoms with Gasteiger partial charge in [-0.25, -0.2) is 33.0 Å². The Morgan fingerprint density at radius 1 is 1.00 bits per heavy atom. The first kappa shape index (κ1) is 29.2. The van der Waals surface area contributed by atoms with Gasteiger partial charge in [-0.1, -0.05) is 31.5 Å². The number of anilines is 1. The Hall–Kier alpha value is -4.91. The number of hydrogen-bond acceptors (Lipinski definition) is 10. The Labute approximate surface area is 254 Å². The number of benzene rings is 2. The van der Waals surface area contributed by atoms with Crippen LogP contribution in [0.3, 0.4) is 0 Å². The lowest BCUT2D eigenvalue weighted by atomic mass is 10.0. The van der Waals surface area contributed by atoms with Crippen molar-refractivity contribution >= 4 is 32.6 Å². The van der Waals surface area contributed by atoms with Gasteiger partial charge in [0.15, 0.2) is 5.65 Å². The zero-order valence-corrected chi connectivity index (χ0v) is 25.0. The van der Waals surface area contributed by atoms with E-state index in [1.807, 2.05) is 66.2 Å². The fourth-order valence-electron chi connectivity index (χ4n) is 5.29. The largest absolute Gasteiger partial charge is 0.457 e. The molecule has 6 rings (SSSR count). The van der Waals surface area contributed by atoms with Gasteiger partial charge in [-0.3, -0.25) is 4.79 Å². The first-order valence-corrected chi connectivity index (χ1v) is 16.2. The van der Waals surface area contributed by atoms with Gasteiger partial charge in [-0.05, 0) is 55.7 Å². The predicted molar refractivity (Wildman–Crippen MR) is 165 cm³/mol. The van der Waals surface area contributed by atoms with Crippen molar-refractivity contribution in [1.29, 1.82) is 0 Å². The third-order valence-corrected chi connectivity index (χ3v) is 9.17. The van der Waals surface area contributed by atoms with E-state index in [1.54, 1.807) is 4.90 Å². The maximum Gasteiger partial charge on any atom is 0.257 e. The molecular weight excluding hydrogens is 580 g/mol. The molecule has 1 atom stereocenters. The molecule has 1 saturated heterocycles. The number of nitrogens with two attached hydrogens (primary N) is 1. The molecule has 13 heteroatoms. The van der Waals surface area contributed by atoms with Gasteiger partial charge in [0, 0.05) is 31.0 Å². The minimum absolute atomic E-state index is 0.0237. The summed E-state index contributed by atoms with van der Waals surface area (Å²) >= 11 is 0. The molecule has 44 heavy (non-hydrogen) atoms. The topological polar surface area (TPSA) is 159 Å². The number of nitrogen functional groups attached to an aromatic ring is 1. The van der Waals surface area contributed by atoms with E-state index in [2.05, 4.69) is 19.9 Å². The average Bonchev–Trinajstić information content (AvgIpc) is 3.45. The minimum Gasteiger partial charge on any atom is -0.457 e. The van der Waals surface area contributed by atoms with E-state index in [4.69, 9.17) is 15.6 Å². The van der Waals surface area contributed by atoms with Crippen molar-refractivity contribution in [1.82, 2.24) is 34.6 Å². The van der Waals surface area contributed by atoms with E-state index in [-0.39, 0.29) is 28.4 Å². The molecule has 0 radical (unpaired) electrons. The molecule has 1 amide bonds. The summed E-state index contributed by atoms with van der Waals surface area (Å²) in [7, 11) is -3.58. The highest BCUT2D eigenvalue weighted by Gasteiger charge is 2.30. The van der Waals surface area contributed by atoms with Crippen LogP contribution in [0.15, 0.2) is 78.5 Å². The molecule has 1 aliphatic heterocycles. The number of piperidine rings is 1. The number of rotatable bonds is 9. The molecule has 0 unspecified atom stereocenters. The van der Waals surface area contributed by atoms with Gasteiger partial charge in [0.05, 0.1) is 22.7 Å². The van der Waals surface area contributed by atoms with Gasteiger partial charge in [-0.2, -0.15) is 5.10 Å². The zero-order valence-electron chi connectivity index (χ0n) is 24.2. The number of unbranched alkanes of at least 4 members (excludes halogenated alkanes) is 1. The lowest BCUT2D eigenvalue weighted by Crippen LogP contribution is -2.41. The van der Waals surface area contributed by atoms with E-state index in [0.29, 0.717) is 47.8 Å². The normalized spacial score (nSPS) is 15.4. The number of carbonyl (C=O) groups excluding carboxylic acids is 1. The Morgan fingerprint density at radius 3 is 2.45 bits per heavy atom. The van der Waals surface area contributed by atoms with Crippen LogP contribution in [0.4, 0.5) is 5.82 Å². The quantitative estimate of drug-likeness (QED) is 0.231. The second kappa shape index (κ2) is 12.4. The highest BCUT2D eigenvalue weighted by Crippen LogP contribution is 2.35. The first-order valence-electron chi connectivity index (χ1n) is 14.5. The second-order valence-corrected chi connectivity index (χ2v) is 12.7. The first-order chi connectivity index (χ1) is 21.3. The van der Waals surface area contributed by atoms with Gasteiger partial charge in [0.25, 0.3) is 5.91 Å². The molecule has 2 N–H and O–H groups in total. The summed E-state index contributed by atoms with van der Waals surface area (Å²) in [6, 6.07) is 16.9. The van der Waals surface area contributed by atoms with Gasteiger partial charge in [-0.15, -0.1) is 0 Å². The number of amides is 1. The van der Waals surface area contributed by atoms with Crippen LogP contribution in [-0.2, 0) is 9.84 Å². The number of ether oxygens (including phenoxy) is 1. The van der Waals surface area contributed by atoms with Gasteiger partial charge in [0.2, 0.25) is 15.0 Å². The molecule has 1 aliphatic rings. The summed E-state index contributed by atoms with van der Waals surface area (Å²) in [6.07, 6.45) is 6.78. The molecule has 226 valence electrons. The second-order valence-electron chi connectivity index (χ2n) is 10.7. The third kappa shape index (κ3) is 5.95. The highest BCUT2D eigenvalue weighted by atomic mass is 32.2. The fourth-order valence-corrected chi connectivity index (χ4v) is 6.57. The highest BCUT2D eigenvalue weighted by molar-refractivity contribution is 7.91. The van der Waals surface area contributed by atoms with Crippen LogP contribution in [0, 0.1) is 0 Å². The molecule has 0 aliphatic carbocycles. The van der Waals surface area contributed by atoms with Crippen LogP contribution in [0.1, 0.15) is 49.0 Å². The summed E-state index contributed by atoms with van der Waals surface area (Å²) in [5.74, 6) is 1.45. The molecule has 3 aromatic heterocycles. The van der Waals surface area contributed by atoms with Gasteiger partial charge < -0.3 is 15.4 Å². The Kier molecular flexibility index (Phi) is 8.20. The number of aromatic nitrogens is 6. The molecule has 0 bridgehead atoms. The zero-order chi connectivity index (χ0) is 30.7. The molecular formula is C31H32N8O4S. The molecule has 1 fully saturated rings. The number of para-hydroxylation sites is 1.